The zero-order chi connectivity index (χ0) is 28.8. The quantitative estimate of drug-likeness (QED) is 0.259. The van der Waals surface area contributed by atoms with Gasteiger partial charge in [0, 0.05) is 97.0 Å². The predicted molar refractivity (Wildman–Crippen MR) is 161 cm³/mol. The summed E-state index contributed by atoms with van der Waals surface area (Å²) >= 11 is 2.10. The summed E-state index contributed by atoms with van der Waals surface area (Å²) in [5.41, 5.74) is 2.97. The molecule has 222 valence electrons. The number of ether oxygens (including phenoxy) is 4. The van der Waals surface area contributed by atoms with Crippen LogP contribution in [0.15, 0.2) is 36.4 Å². The summed E-state index contributed by atoms with van der Waals surface area (Å²) in [6.07, 6.45) is 1.56. The third-order valence-electron chi connectivity index (χ3n) is 7.63. The van der Waals surface area contributed by atoms with Crippen LogP contribution in [0.25, 0.3) is 0 Å². The highest BCUT2D eigenvalue weighted by atomic mass is 127. The first kappa shape index (κ1) is 29.7. The van der Waals surface area contributed by atoms with Crippen molar-refractivity contribution in [1.29, 1.82) is 0 Å². The summed E-state index contributed by atoms with van der Waals surface area (Å²) in [5.74, 6) is -0.440. The lowest BCUT2D eigenvalue weighted by molar-refractivity contribution is -0.385. The Morgan fingerprint density at radius 1 is 0.610 bits per heavy atom. The Kier molecular flexibility index (Phi) is 9.75. The van der Waals surface area contributed by atoms with E-state index >= 15 is 0 Å². The largest absolute Gasteiger partial charge is 0.378 e. The molecule has 0 bridgehead atoms. The van der Waals surface area contributed by atoms with Gasteiger partial charge in [0.15, 0.2) is 5.79 Å². The normalized spacial score (nSPS) is 20.5. The number of nitro benzene ring substituents is 2. The molecular formula is C27H34IN5O8. The highest BCUT2D eigenvalue weighted by Gasteiger charge is 2.40. The number of benzene rings is 2. The molecule has 0 radical (unpaired) electrons. The first-order chi connectivity index (χ1) is 19.8. The summed E-state index contributed by atoms with van der Waals surface area (Å²) < 4.78 is 23.1. The maximum absolute atomic E-state index is 11.4. The molecule has 6 rings (SSSR count). The molecular weight excluding hydrogens is 649 g/mol. The zero-order valence-corrected chi connectivity index (χ0v) is 24.9. The number of halogens is 1. The number of morpholine rings is 2. The summed E-state index contributed by atoms with van der Waals surface area (Å²) in [6.45, 7) is 8.59. The molecule has 14 heteroatoms. The Morgan fingerprint density at radius 2 is 1.02 bits per heavy atom. The lowest BCUT2D eigenvalue weighted by Crippen LogP contribution is -2.45. The highest BCUT2D eigenvalue weighted by molar-refractivity contribution is 14.1. The molecule has 13 nitrogen and oxygen atoms in total. The number of hydrogen-bond acceptors (Lipinski definition) is 11. The van der Waals surface area contributed by atoms with E-state index in [0.717, 1.165) is 72.7 Å². The first-order valence-electron chi connectivity index (χ1n) is 13.7. The van der Waals surface area contributed by atoms with E-state index in [1.807, 2.05) is 12.1 Å². The minimum Gasteiger partial charge on any atom is -0.378 e. The smallest absolute Gasteiger partial charge is 0.273 e. The summed E-state index contributed by atoms with van der Waals surface area (Å²) in [4.78, 5) is 27.9. The van der Waals surface area contributed by atoms with Crippen LogP contribution in [0.1, 0.15) is 12.8 Å². The molecule has 4 aliphatic rings. The van der Waals surface area contributed by atoms with Crippen molar-refractivity contribution in [3.63, 3.8) is 0 Å². The second-order valence-electron chi connectivity index (χ2n) is 10.2. The van der Waals surface area contributed by atoms with E-state index in [-0.39, 0.29) is 21.2 Å². The van der Waals surface area contributed by atoms with Gasteiger partial charge in [-0.05, 0) is 34.7 Å². The van der Waals surface area contributed by atoms with Crippen LogP contribution in [0, 0.1) is 23.8 Å². The van der Waals surface area contributed by atoms with E-state index in [4.69, 9.17) is 18.9 Å². The second-order valence-corrected chi connectivity index (χ2v) is 11.4. The predicted octanol–water partition coefficient (Wildman–Crippen LogP) is 3.81. The van der Waals surface area contributed by atoms with Crippen molar-refractivity contribution in [3.8, 4) is 0 Å². The molecule has 0 aliphatic carbocycles. The molecule has 2 aromatic carbocycles. The summed E-state index contributed by atoms with van der Waals surface area (Å²) in [7, 11) is 0. The van der Waals surface area contributed by atoms with Gasteiger partial charge in [-0.3, -0.25) is 20.2 Å². The SMILES string of the molecule is O=[N+]([O-])c1cc(I)cc(N2CCOCC2)c1.O=[N+]([O-])c1cc(N2CCOCC2)cc(N2CCC3(CC2)OCCO3)c1. The van der Waals surface area contributed by atoms with E-state index in [2.05, 4.69) is 37.3 Å². The van der Waals surface area contributed by atoms with Gasteiger partial charge in [-0.2, -0.15) is 0 Å². The number of hydrogen-bond donors (Lipinski definition) is 0. The van der Waals surface area contributed by atoms with Gasteiger partial charge in [-0.1, -0.05) is 0 Å². The van der Waals surface area contributed by atoms with Crippen LogP contribution < -0.4 is 14.7 Å². The van der Waals surface area contributed by atoms with Gasteiger partial charge in [-0.15, -0.1) is 0 Å². The van der Waals surface area contributed by atoms with Gasteiger partial charge in [0.1, 0.15) is 0 Å². The molecule has 0 atom stereocenters. The Labute approximate surface area is 251 Å². The van der Waals surface area contributed by atoms with Crippen LogP contribution in [0.4, 0.5) is 28.4 Å². The molecule has 4 heterocycles. The minimum atomic E-state index is -0.440. The van der Waals surface area contributed by atoms with Crippen LogP contribution in [0.5, 0.6) is 0 Å². The third kappa shape index (κ3) is 7.54. The van der Waals surface area contributed by atoms with Crippen LogP contribution in [-0.2, 0) is 18.9 Å². The van der Waals surface area contributed by atoms with Gasteiger partial charge < -0.3 is 33.6 Å². The standard InChI is InChI=1S/C17H23N3O5.C10H11IN2O3/c21-20(22)16-12-14(11-15(13-16)19-5-7-23-8-6-19)18-3-1-17(2-4-18)24-9-10-25-17;11-8-5-9(7-10(6-8)13(14)15)12-1-3-16-4-2-12/h11-13H,1-10H2;5-7H,1-4H2. The molecule has 0 aromatic heterocycles. The van der Waals surface area contributed by atoms with Gasteiger partial charge >= 0.3 is 0 Å². The fraction of sp³-hybridized carbons (Fsp3) is 0.556. The van der Waals surface area contributed by atoms with Crippen molar-refractivity contribution >= 4 is 51.0 Å². The van der Waals surface area contributed by atoms with Crippen LogP contribution in [0.3, 0.4) is 0 Å². The molecule has 0 saturated carbocycles. The van der Waals surface area contributed by atoms with Gasteiger partial charge in [0.25, 0.3) is 11.4 Å². The Morgan fingerprint density at radius 3 is 1.49 bits per heavy atom. The molecule has 41 heavy (non-hydrogen) atoms. The second kappa shape index (κ2) is 13.5. The molecule has 4 saturated heterocycles. The Balaban J connectivity index is 0.000000182. The lowest BCUT2D eigenvalue weighted by atomic mass is 10.0. The molecule has 0 amide bonds. The van der Waals surface area contributed by atoms with Crippen molar-refractivity contribution in [2.45, 2.75) is 18.6 Å². The van der Waals surface area contributed by atoms with Gasteiger partial charge in [0.05, 0.1) is 49.5 Å². The average Bonchev–Trinajstić information content (AvgIpc) is 3.46. The van der Waals surface area contributed by atoms with E-state index in [0.29, 0.717) is 39.6 Å². The van der Waals surface area contributed by atoms with Gasteiger partial charge in [-0.25, -0.2) is 0 Å². The molecule has 0 N–H and O–H groups in total. The maximum atomic E-state index is 11.4. The lowest BCUT2D eigenvalue weighted by Gasteiger charge is -2.39. The van der Waals surface area contributed by atoms with E-state index < -0.39 is 5.79 Å². The number of piperidine rings is 1. The molecule has 2 aromatic rings. The van der Waals surface area contributed by atoms with Crippen molar-refractivity contribution in [2.24, 2.45) is 0 Å². The van der Waals surface area contributed by atoms with Crippen molar-refractivity contribution in [1.82, 2.24) is 0 Å². The fourth-order valence-corrected chi connectivity index (χ4v) is 6.07. The number of nitro groups is 2. The highest BCUT2D eigenvalue weighted by Crippen LogP contribution is 2.36. The summed E-state index contributed by atoms with van der Waals surface area (Å²) in [6, 6.07) is 10.5. The molecule has 4 aliphatic heterocycles. The third-order valence-corrected chi connectivity index (χ3v) is 8.26. The topological polar surface area (TPSA) is 133 Å². The van der Waals surface area contributed by atoms with Gasteiger partial charge in [0.2, 0.25) is 0 Å². The Hall–Kier alpha value is -2.79. The number of rotatable bonds is 5. The van der Waals surface area contributed by atoms with Crippen LogP contribution in [-0.4, -0.2) is 94.5 Å². The number of non-ortho nitro benzene ring substituents is 2. The zero-order valence-electron chi connectivity index (χ0n) is 22.7. The summed E-state index contributed by atoms with van der Waals surface area (Å²) in [5, 5.41) is 22.1. The van der Waals surface area contributed by atoms with E-state index in [9.17, 15) is 20.2 Å². The minimum absolute atomic E-state index is 0.132. The van der Waals surface area contributed by atoms with E-state index in [1.54, 1.807) is 24.3 Å². The van der Waals surface area contributed by atoms with Crippen molar-refractivity contribution < 1.29 is 28.8 Å². The number of anilines is 3. The Bertz CT molecular complexity index is 1220. The van der Waals surface area contributed by atoms with E-state index in [1.165, 1.54) is 0 Å². The fourth-order valence-electron chi connectivity index (χ4n) is 5.43. The van der Waals surface area contributed by atoms with Crippen LogP contribution in [0.2, 0.25) is 0 Å². The maximum Gasteiger partial charge on any atom is 0.273 e. The average molecular weight is 684 g/mol. The van der Waals surface area contributed by atoms with Crippen molar-refractivity contribution in [2.75, 3.05) is 93.6 Å². The number of nitrogens with zero attached hydrogens (tertiary/aromatic N) is 5. The van der Waals surface area contributed by atoms with Crippen molar-refractivity contribution in [3.05, 3.63) is 60.2 Å². The van der Waals surface area contributed by atoms with Crippen LogP contribution >= 0.6 is 22.6 Å². The molecule has 4 fully saturated rings. The monoisotopic (exact) mass is 683 g/mol. The first-order valence-corrected chi connectivity index (χ1v) is 14.8. The molecule has 1 spiro atoms. The molecule has 0 unspecified atom stereocenters.